The van der Waals surface area contributed by atoms with E-state index in [1.54, 1.807) is 0 Å². The molecule has 100 valence electrons. The van der Waals surface area contributed by atoms with Crippen molar-refractivity contribution in [3.05, 3.63) is 43.0 Å². The van der Waals surface area contributed by atoms with Crippen LogP contribution in [0.25, 0.3) is 0 Å². The second kappa shape index (κ2) is 10.00. The summed E-state index contributed by atoms with van der Waals surface area (Å²) >= 11 is 1.82. The normalized spacial score (nSPS) is 12.1. The van der Waals surface area contributed by atoms with Crippen molar-refractivity contribution in [1.29, 1.82) is 0 Å². The summed E-state index contributed by atoms with van der Waals surface area (Å²) in [6.45, 7) is 5.43. The van der Waals surface area contributed by atoms with Crippen molar-refractivity contribution < 1.29 is 9.84 Å². The monoisotopic (exact) mass is 267 g/mol. The van der Waals surface area contributed by atoms with Crippen LogP contribution in [-0.2, 0) is 0 Å². The molecule has 0 aliphatic heterocycles. The molecule has 0 bridgehead atoms. The molecule has 3 nitrogen and oxygen atoms in total. The summed E-state index contributed by atoms with van der Waals surface area (Å²) in [5.74, 6) is 2.79. The second-order valence-electron chi connectivity index (χ2n) is 3.85. The third-order valence-corrected chi connectivity index (χ3v) is 3.19. The fraction of sp³-hybridized carbons (Fsp3) is 0.429. The zero-order valence-corrected chi connectivity index (χ0v) is 11.4. The number of aliphatic hydroxyl groups excluding tert-OH is 1. The highest BCUT2D eigenvalue weighted by Crippen LogP contribution is 2.08. The Morgan fingerprint density at radius 1 is 1.39 bits per heavy atom. The Morgan fingerprint density at radius 3 is 2.89 bits per heavy atom. The van der Waals surface area contributed by atoms with E-state index in [0.29, 0.717) is 13.2 Å². The maximum atomic E-state index is 9.70. The molecule has 0 spiro atoms. The number of para-hydroxylation sites is 1. The van der Waals surface area contributed by atoms with E-state index in [1.165, 1.54) is 0 Å². The number of benzene rings is 1. The van der Waals surface area contributed by atoms with E-state index >= 15 is 0 Å². The number of aliphatic hydroxyl groups is 1. The predicted molar refractivity (Wildman–Crippen MR) is 78.3 cm³/mol. The first-order valence-electron chi connectivity index (χ1n) is 6.08. The van der Waals surface area contributed by atoms with Crippen LogP contribution in [0, 0.1) is 0 Å². The van der Waals surface area contributed by atoms with Gasteiger partial charge in [0, 0.05) is 24.6 Å². The van der Waals surface area contributed by atoms with Gasteiger partial charge >= 0.3 is 0 Å². The van der Waals surface area contributed by atoms with E-state index in [1.807, 2.05) is 48.2 Å². The lowest BCUT2D eigenvalue weighted by molar-refractivity contribution is 0.107. The largest absolute Gasteiger partial charge is 0.491 e. The van der Waals surface area contributed by atoms with Crippen LogP contribution in [0.15, 0.2) is 43.0 Å². The number of nitrogens with one attached hydrogen (secondary N) is 1. The summed E-state index contributed by atoms with van der Waals surface area (Å²) in [5.41, 5.74) is 0. The van der Waals surface area contributed by atoms with Gasteiger partial charge in [0.15, 0.2) is 0 Å². The van der Waals surface area contributed by atoms with E-state index in [4.69, 9.17) is 4.74 Å². The van der Waals surface area contributed by atoms with Gasteiger partial charge in [-0.2, -0.15) is 11.8 Å². The summed E-state index contributed by atoms with van der Waals surface area (Å²) in [4.78, 5) is 0. The molecule has 1 rings (SSSR count). The fourth-order valence-corrected chi connectivity index (χ4v) is 1.97. The van der Waals surface area contributed by atoms with Crippen LogP contribution in [0.1, 0.15) is 0 Å². The number of rotatable bonds is 10. The summed E-state index contributed by atoms with van der Waals surface area (Å²) in [6, 6.07) is 9.53. The Kier molecular flexibility index (Phi) is 8.38. The average molecular weight is 267 g/mol. The van der Waals surface area contributed by atoms with Crippen LogP contribution in [0.4, 0.5) is 0 Å². The van der Waals surface area contributed by atoms with Gasteiger partial charge in [-0.1, -0.05) is 24.3 Å². The lowest BCUT2D eigenvalue weighted by atomic mass is 10.3. The standard InChI is InChI=1S/C14H21NO2S/c1-2-9-18-10-8-15-11-13(16)12-17-14-6-4-3-5-7-14/h2-7,13,15-16H,1,8-12H2. The summed E-state index contributed by atoms with van der Waals surface area (Å²) in [7, 11) is 0. The highest BCUT2D eigenvalue weighted by Gasteiger charge is 2.04. The van der Waals surface area contributed by atoms with Gasteiger partial charge in [-0.25, -0.2) is 0 Å². The van der Waals surface area contributed by atoms with Gasteiger partial charge < -0.3 is 15.2 Å². The first kappa shape index (κ1) is 15.1. The molecule has 0 amide bonds. The molecule has 0 aromatic heterocycles. The highest BCUT2D eigenvalue weighted by molar-refractivity contribution is 7.99. The molecule has 0 radical (unpaired) electrons. The van der Waals surface area contributed by atoms with Crippen molar-refractivity contribution in [3.63, 3.8) is 0 Å². The molecule has 0 aliphatic rings. The van der Waals surface area contributed by atoms with Crippen LogP contribution in [0.2, 0.25) is 0 Å². The molecule has 0 saturated heterocycles. The lowest BCUT2D eigenvalue weighted by Crippen LogP contribution is -2.32. The van der Waals surface area contributed by atoms with E-state index in [9.17, 15) is 5.11 Å². The highest BCUT2D eigenvalue weighted by atomic mass is 32.2. The van der Waals surface area contributed by atoms with Crippen molar-refractivity contribution in [2.75, 3.05) is 31.2 Å². The molecule has 0 heterocycles. The van der Waals surface area contributed by atoms with E-state index < -0.39 is 6.10 Å². The summed E-state index contributed by atoms with van der Waals surface area (Å²) in [6.07, 6.45) is 1.42. The van der Waals surface area contributed by atoms with Gasteiger partial charge in [0.05, 0.1) is 0 Å². The molecule has 1 aromatic rings. The van der Waals surface area contributed by atoms with Crippen molar-refractivity contribution in [2.24, 2.45) is 0 Å². The molecule has 0 fully saturated rings. The Hall–Kier alpha value is -0.970. The molecule has 0 saturated carbocycles. The summed E-state index contributed by atoms with van der Waals surface area (Å²) < 4.78 is 5.45. The minimum absolute atomic E-state index is 0.316. The molecule has 0 aliphatic carbocycles. The van der Waals surface area contributed by atoms with Gasteiger partial charge in [-0.05, 0) is 12.1 Å². The molecule has 1 atom stereocenters. The fourth-order valence-electron chi connectivity index (χ4n) is 1.35. The Bertz CT molecular complexity index is 319. The minimum atomic E-state index is -0.477. The number of ether oxygens (including phenoxy) is 1. The molecular formula is C14H21NO2S. The quantitative estimate of drug-likeness (QED) is 0.502. The van der Waals surface area contributed by atoms with E-state index in [0.717, 1.165) is 23.8 Å². The zero-order chi connectivity index (χ0) is 13.1. The average Bonchev–Trinajstić information content (AvgIpc) is 2.41. The van der Waals surface area contributed by atoms with E-state index in [-0.39, 0.29) is 0 Å². The van der Waals surface area contributed by atoms with Crippen molar-refractivity contribution in [3.8, 4) is 5.75 Å². The third-order valence-electron chi connectivity index (χ3n) is 2.22. The first-order valence-corrected chi connectivity index (χ1v) is 7.23. The van der Waals surface area contributed by atoms with Crippen LogP contribution < -0.4 is 10.1 Å². The molecule has 1 aromatic carbocycles. The zero-order valence-electron chi connectivity index (χ0n) is 10.5. The maximum Gasteiger partial charge on any atom is 0.119 e. The topological polar surface area (TPSA) is 41.5 Å². The van der Waals surface area contributed by atoms with Gasteiger partial charge in [-0.15, -0.1) is 6.58 Å². The lowest BCUT2D eigenvalue weighted by Gasteiger charge is -2.13. The Morgan fingerprint density at radius 2 is 2.17 bits per heavy atom. The van der Waals surface area contributed by atoms with Crippen LogP contribution in [0.3, 0.4) is 0 Å². The number of thioether (sulfide) groups is 1. The molecule has 4 heteroatoms. The van der Waals surface area contributed by atoms with Crippen molar-refractivity contribution in [1.82, 2.24) is 5.32 Å². The molecule has 18 heavy (non-hydrogen) atoms. The number of hydrogen-bond acceptors (Lipinski definition) is 4. The van der Waals surface area contributed by atoms with Gasteiger partial charge in [-0.3, -0.25) is 0 Å². The van der Waals surface area contributed by atoms with Crippen LogP contribution >= 0.6 is 11.8 Å². The minimum Gasteiger partial charge on any atom is -0.491 e. The predicted octanol–water partition coefficient (Wildman–Crippen LogP) is 1.94. The Labute approximate surface area is 113 Å². The first-order chi connectivity index (χ1) is 8.83. The van der Waals surface area contributed by atoms with Crippen molar-refractivity contribution >= 4 is 11.8 Å². The molecule has 2 N–H and O–H groups in total. The molecule has 1 unspecified atom stereocenters. The molecular weight excluding hydrogens is 246 g/mol. The third kappa shape index (κ3) is 7.37. The second-order valence-corrected chi connectivity index (χ2v) is 5.00. The SMILES string of the molecule is C=CCSCCNCC(O)COc1ccccc1. The van der Waals surface area contributed by atoms with Crippen LogP contribution in [-0.4, -0.2) is 42.4 Å². The van der Waals surface area contributed by atoms with Crippen molar-refractivity contribution in [2.45, 2.75) is 6.10 Å². The van der Waals surface area contributed by atoms with Gasteiger partial charge in [0.25, 0.3) is 0 Å². The van der Waals surface area contributed by atoms with Crippen LogP contribution in [0.5, 0.6) is 5.75 Å². The Balaban J connectivity index is 2.00. The van der Waals surface area contributed by atoms with Gasteiger partial charge in [0.1, 0.15) is 18.5 Å². The van der Waals surface area contributed by atoms with E-state index in [2.05, 4.69) is 11.9 Å². The smallest absolute Gasteiger partial charge is 0.119 e. The maximum absolute atomic E-state index is 9.70. The van der Waals surface area contributed by atoms with Gasteiger partial charge in [0.2, 0.25) is 0 Å². The summed E-state index contributed by atoms with van der Waals surface area (Å²) in [5, 5.41) is 12.9. The number of hydrogen-bond donors (Lipinski definition) is 2.